The molecule has 3 N–H and O–H groups in total. The van der Waals surface area contributed by atoms with Gasteiger partial charge in [-0.3, -0.25) is 0 Å². The molecule has 0 radical (unpaired) electrons. The highest BCUT2D eigenvalue weighted by Gasteiger charge is 1.95. The molecule has 0 aromatic heterocycles. The van der Waals surface area contributed by atoms with Crippen LogP contribution in [0.15, 0.2) is 66.1 Å². The Balaban J connectivity index is -0.000000361. The molecule has 162 valence electrons. The summed E-state index contributed by atoms with van der Waals surface area (Å²) in [5, 5.41) is 9.35. The number of nitrogens with two attached hydrogens (primary N) is 1. The third-order valence-electron chi connectivity index (χ3n) is 2.52. The van der Waals surface area contributed by atoms with Gasteiger partial charge in [-0.15, -0.1) is 24.0 Å². The molecular formula is C16H16Cl3I3N2O3S2. The lowest BCUT2D eigenvalue weighted by atomic mass is 10.2. The Morgan fingerprint density at radius 3 is 1.97 bits per heavy atom. The predicted octanol–water partition coefficient (Wildman–Crippen LogP) is 8.15. The SMILES string of the molecule is C=C(Cl)c1cccc(N=S=O)c1.C=C(O)c1cccc(N)c1.I.II.O=S(Cl)Cl. The monoisotopic (exact) mass is 834 g/mol. The lowest BCUT2D eigenvalue weighted by Gasteiger charge is -1.97. The van der Waals surface area contributed by atoms with Crippen LogP contribution in [-0.2, 0) is 20.7 Å². The summed E-state index contributed by atoms with van der Waals surface area (Å²) in [6.07, 6.45) is 0. The van der Waals surface area contributed by atoms with Crippen molar-refractivity contribution in [2.24, 2.45) is 4.36 Å². The van der Waals surface area contributed by atoms with Gasteiger partial charge < -0.3 is 10.8 Å². The quantitative estimate of drug-likeness (QED) is 0.141. The second-order valence-corrected chi connectivity index (χ2v) is 7.69. The fourth-order valence-corrected chi connectivity index (χ4v) is 1.81. The summed E-state index contributed by atoms with van der Waals surface area (Å²) in [7, 11) is 7.36. The lowest BCUT2D eigenvalue weighted by molar-refractivity contribution is 0.514. The van der Waals surface area contributed by atoms with Gasteiger partial charge in [-0.2, -0.15) is 8.57 Å². The molecule has 2 aromatic rings. The Bertz CT molecular complexity index is 834. The van der Waals surface area contributed by atoms with E-state index in [1.54, 1.807) is 42.5 Å². The molecule has 0 aliphatic heterocycles. The Labute approximate surface area is 230 Å². The van der Waals surface area contributed by atoms with Crippen LogP contribution in [0.2, 0.25) is 0 Å². The third kappa shape index (κ3) is 20.2. The summed E-state index contributed by atoms with van der Waals surface area (Å²) in [4.78, 5) is 0. The molecule has 5 nitrogen and oxygen atoms in total. The van der Waals surface area contributed by atoms with Gasteiger partial charge in [0.05, 0.1) is 5.69 Å². The van der Waals surface area contributed by atoms with E-state index < -0.39 is 9.23 Å². The molecule has 0 atom stereocenters. The minimum absolute atomic E-state index is 0. The largest absolute Gasteiger partial charge is 0.508 e. The summed E-state index contributed by atoms with van der Waals surface area (Å²) in [6.45, 7) is 6.93. The fraction of sp³-hybridized carbons (Fsp3) is 0. The molecular weight excluding hydrogens is 819 g/mol. The van der Waals surface area contributed by atoms with Crippen molar-refractivity contribution in [2.75, 3.05) is 5.73 Å². The predicted molar refractivity (Wildman–Crippen MR) is 157 cm³/mol. The minimum Gasteiger partial charge on any atom is -0.508 e. The first-order valence-corrected chi connectivity index (χ1v) is 16.9. The molecule has 29 heavy (non-hydrogen) atoms. The van der Waals surface area contributed by atoms with Gasteiger partial charge in [0.2, 0.25) is 20.7 Å². The van der Waals surface area contributed by atoms with Crippen LogP contribution in [0.3, 0.4) is 0 Å². The second-order valence-electron chi connectivity index (χ2n) is 4.38. The summed E-state index contributed by atoms with van der Waals surface area (Å²) in [5.74, 6) is 0.0484. The van der Waals surface area contributed by atoms with E-state index in [4.69, 9.17) is 26.7 Å². The van der Waals surface area contributed by atoms with E-state index in [1.165, 1.54) is 0 Å². The van der Waals surface area contributed by atoms with Gasteiger partial charge in [0.25, 0.3) is 0 Å². The molecule has 0 unspecified atom stereocenters. The first-order valence-electron chi connectivity index (χ1n) is 6.74. The van der Waals surface area contributed by atoms with Crippen molar-refractivity contribution in [3.63, 3.8) is 0 Å². The van der Waals surface area contributed by atoms with Crippen molar-refractivity contribution in [1.82, 2.24) is 0 Å². The normalized spacial score (nSPS) is 8.34. The van der Waals surface area contributed by atoms with Gasteiger partial charge in [-0.1, -0.05) is 49.0 Å². The molecule has 0 fully saturated rings. The highest BCUT2D eigenvalue weighted by Crippen LogP contribution is 2.21. The molecule has 2 aromatic carbocycles. The molecule has 0 bridgehead atoms. The van der Waals surface area contributed by atoms with Gasteiger partial charge in [-0.05, 0) is 29.8 Å². The molecule has 0 saturated heterocycles. The summed E-state index contributed by atoms with van der Waals surface area (Å²) in [5.41, 5.74) is 8.13. The van der Waals surface area contributed by atoms with Crippen molar-refractivity contribution in [3.05, 3.63) is 72.8 Å². The maximum Gasteiger partial charge on any atom is 0.211 e. The van der Waals surface area contributed by atoms with Gasteiger partial charge in [0, 0.05) is 74.9 Å². The maximum absolute atomic E-state index is 10.1. The number of aliphatic hydroxyl groups excluding tert-OH is 1. The van der Waals surface area contributed by atoms with Crippen LogP contribution in [0.4, 0.5) is 11.4 Å². The second kappa shape index (κ2) is 21.8. The average Bonchev–Trinajstić information content (AvgIpc) is 2.64. The number of aliphatic hydroxyl groups is 1. The van der Waals surface area contributed by atoms with E-state index in [1.807, 2.05) is 6.07 Å². The minimum atomic E-state index is -1.67. The van der Waals surface area contributed by atoms with Crippen LogP contribution in [-0.4, -0.2) is 13.5 Å². The van der Waals surface area contributed by atoms with E-state index in [2.05, 4.69) is 76.1 Å². The molecule has 0 aliphatic rings. The Morgan fingerprint density at radius 1 is 1.10 bits per heavy atom. The van der Waals surface area contributed by atoms with E-state index >= 15 is 0 Å². The zero-order chi connectivity index (χ0) is 22.1. The van der Waals surface area contributed by atoms with Crippen LogP contribution >= 0.6 is 94.2 Å². The zero-order valence-electron chi connectivity index (χ0n) is 14.4. The topological polar surface area (TPSA) is 92.8 Å². The molecule has 0 spiro atoms. The van der Waals surface area contributed by atoms with Crippen LogP contribution in [0.5, 0.6) is 0 Å². The van der Waals surface area contributed by atoms with Crippen molar-refractivity contribution in [1.29, 1.82) is 0 Å². The molecule has 0 saturated carbocycles. The number of benzene rings is 2. The number of halogens is 6. The first kappa shape index (κ1) is 34.2. The number of anilines is 1. The maximum atomic E-state index is 10.1. The average molecular weight is 836 g/mol. The number of hydrogen-bond donors (Lipinski definition) is 2. The van der Waals surface area contributed by atoms with E-state index in [-0.39, 0.29) is 41.2 Å². The van der Waals surface area contributed by atoms with Crippen LogP contribution in [0.1, 0.15) is 11.1 Å². The summed E-state index contributed by atoms with van der Waals surface area (Å²) < 4.78 is 22.8. The summed E-state index contributed by atoms with van der Waals surface area (Å²) in [6, 6.07) is 14.0. The Morgan fingerprint density at radius 2 is 1.59 bits per heavy atom. The number of rotatable bonds is 3. The van der Waals surface area contributed by atoms with Crippen molar-refractivity contribution in [3.8, 4) is 0 Å². The van der Waals surface area contributed by atoms with Crippen LogP contribution < -0.4 is 5.73 Å². The van der Waals surface area contributed by atoms with Gasteiger partial charge in [0.15, 0.2) is 0 Å². The highest BCUT2D eigenvalue weighted by molar-refractivity contribution is 15.0. The zero-order valence-corrected chi connectivity index (χ0v) is 25.0. The molecule has 2 rings (SSSR count). The number of nitrogen functional groups attached to an aromatic ring is 1. The van der Waals surface area contributed by atoms with Crippen molar-refractivity contribution >= 4 is 137 Å². The molecule has 0 amide bonds. The molecule has 0 aliphatic carbocycles. The highest BCUT2D eigenvalue weighted by atomic mass is 128. The van der Waals surface area contributed by atoms with Crippen LogP contribution in [0.25, 0.3) is 10.8 Å². The molecule has 13 heteroatoms. The van der Waals surface area contributed by atoms with Crippen LogP contribution in [0, 0.1) is 0 Å². The fourth-order valence-electron chi connectivity index (χ4n) is 1.49. The lowest BCUT2D eigenvalue weighted by Crippen LogP contribution is -1.86. The van der Waals surface area contributed by atoms with Gasteiger partial charge in [0.1, 0.15) is 5.76 Å². The first-order chi connectivity index (χ1) is 13.2. The van der Waals surface area contributed by atoms with E-state index in [0.717, 1.165) is 5.56 Å². The van der Waals surface area contributed by atoms with Gasteiger partial charge >= 0.3 is 0 Å². The Hall–Kier alpha value is 0.550. The smallest absolute Gasteiger partial charge is 0.211 e. The number of hydrogen-bond acceptors (Lipinski definition) is 5. The third-order valence-corrected chi connectivity index (χ3v) is 3.03. The Kier molecular flexibility index (Phi) is 25.7. The van der Waals surface area contributed by atoms with Crippen molar-refractivity contribution in [2.45, 2.75) is 0 Å². The van der Waals surface area contributed by atoms with Gasteiger partial charge in [-0.25, -0.2) is 4.21 Å². The summed E-state index contributed by atoms with van der Waals surface area (Å²) >= 11 is 10.1. The van der Waals surface area contributed by atoms with E-state index in [9.17, 15) is 4.21 Å². The van der Waals surface area contributed by atoms with Crippen molar-refractivity contribution < 1.29 is 13.5 Å². The van der Waals surface area contributed by atoms with E-state index in [0.29, 0.717) is 22.0 Å². The standard InChI is InChI=1S/C8H6ClNOS.C8H9NO.Cl2OS.I2.HI/c1-6(9)7-3-2-4-8(5-7)10-12-11;1-6(10)7-3-2-4-8(9)5-7;1-4(2)3;1-2;/h2-5H,1H2;2-5,10H,1,9H2;;;1H. The molecule has 0 heterocycles. The number of nitrogens with zero attached hydrogens (tertiary/aromatic N) is 1.